The number of hydrogen-bond acceptors (Lipinski definition) is 2. The molecule has 0 saturated heterocycles. The summed E-state index contributed by atoms with van der Waals surface area (Å²) in [6.45, 7) is 0.898. The van der Waals surface area contributed by atoms with Crippen LogP contribution >= 0.6 is 0 Å². The van der Waals surface area contributed by atoms with Gasteiger partial charge >= 0.3 is 0 Å². The average molecular weight is 233 g/mol. The fraction of sp³-hybridized carbons (Fsp3) is 0.786. The molecule has 2 saturated carbocycles. The number of hydrogen-bond donors (Lipinski definition) is 2. The molecule has 3 heteroatoms. The van der Waals surface area contributed by atoms with Crippen LogP contribution in [0.15, 0.2) is 12.4 Å². The number of imidazole rings is 1. The highest BCUT2D eigenvalue weighted by atomic mass is 15.0. The first-order valence-corrected chi connectivity index (χ1v) is 7.13. The lowest BCUT2D eigenvalue weighted by molar-refractivity contribution is 0.143. The van der Waals surface area contributed by atoms with Crippen molar-refractivity contribution in [2.45, 2.75) is 57.5 Å². The van der Waals surface area contributed by atoms with Gasteiger partial charge in [-0.15, -0.1) is 0 Å². The lowest BCUT2D eigenvalue weighted by Gasteiger charge is -2.39. The van der Waals surface area contributed by atoms with E-state index in [1.807, 2.05) is 12.4 Å². The minimum Gasteiger partial charge on any atom is -0.348 e. The molecule has 0 aromatic carbocycles. The summed E-state index contributed by atoms with van der Waals surface area (Å²) in [5.74, 6) is 3.12. The van der Waals surface area contributed by atoms with Gasteiger partial charge < -0.3 is 10.3 Å². The standard InChI is InChI=1S/C14H23N3/c1-2-4-12-9-13(6-5-11(12)3-1)17-10-14-15-7-8-16-14/h7-8,11-13,17H,1-6,9-10H2,(H,15,16). The predicted octanol–water partition coefficient (Wildman–Crippen LogP) is 2.86. The lowest BCUT2D eigenvalue weighted by Crippen LogP contribution is -2.38. The summed E-state index contributed by atoms with van der Waals surface area (Å²) in [5, 5.41) is 3.66. The Morgan fingerprint density at radius 2 is 2.06 bits per heavy atom. The van der Waals surface area contributed by atoms with Gasteiger partial charge in [0.25, 0.3) is 0 Å². The van der Waals surface area contributed by atoms with Crippen molar-refractivity contribution in [2.24, 2.45) is 11.8 Å². The lowest BCUT2D eigenvalue weighted by atomic mass is 9.69. The smallest absolute Gasteiger partial charge is 0.120 e. The second kappa shape index (κ2) is 5.21. The summed E-state index contributed by atoms with van der Waals surface area (Å²) in [6.07, 6.45) is 13.8. The Morgan fingerprint density at radius 1 is 1.18 bits per heavy atom. The molecule has 0 spiro atoms. The number of nitrogens with one attached hydrogen (secondary N) is 2. The molecule has 3 rings (SSSR count). The zero-order valence-electron chi connectivity index (χ0n) is 10.5. The molecule has 94 valence electrons. The van der Waals surface area contributed by atoms with Gasteiger partial charge in [0, 0.05) is 18.4 Å². The number of rotatable bonds is 3. The second-order valence-electron chi connectivity index (χ2n) is 5.73. The molecule has 0 amide bonds. The van der Waals surface area contributed by atoms with Crippen LogP contribution in [-0.2, 0) is 6.54 Å². The van der Waals surface area contributed by atoms with Gasteiger partial charge in [-0.2, -0.15) is 0 Å². The van der Waals surface area contributed by atoms with E-state index in [0.29, 0.717) is 0 Å². The highest BCUT2D eigenvalue weighted by Crippen LogP contribution is 2.40. The van der Waals surface area contributed by atoms with E-state index in [4.69, 9.17) is 0 Å². The highest BCUT2D eigenvalue weighted by Gasteiger charge is 2.31. The van der Waals surface area contributed by atoms with E-state index in [1.54, 1.807) is 0 Å². The molecule has 2 aliphatic carbocycles. The number of H-pyrrole nitrogens is 1. The van der Waals surface area contributed by atoms with Crippen molar-refractivity contribution in [1.29, 1.82) is 0 Å². The Morgan fingerprint density at radius 3 is 2.88 bits per heavy atom. The molecular weight excluding hydrogens is 210 g/mol. The van der Waals surface area contributed by atoms with Crippen molar-refractivity contribution in [2.75, 3.05) is 0 Å². The first kappa shape index (κ1) is 11.3. The summed E-state index contributed by atoms with van der Waals surface area (Å²) in [6, 6.07) is 0.722. The monoisotopic (exact) mass is 233 g/mol. The molecule has 0 bridgehead atoms. The second-order valence-corrected chi connectivity index (χ2v) is 5.73. The van der Waals surface area contributed by atoms with Gasteiger partial charge in [0.15, 0.2) is 0 Å². The molecule has 3 nitrogen and oxygen atoms in total. The van der Waals surface area contributed by atoms with Crippen molar-refractivity contribution in [3.05, 3.63) is 18.2 Å². The minimum absolute atomic E-state index is 0.722. The van der Waals surface area contributed by atoms with Crippen LogP contribution in [0.25, 0.3) is 0 Å². The van der Waals surface area contributed by atoms with Crippen LogP contribution in [0.5, 0.6) is 0 Å². The van der Waals surface area contributed by atoms with E-state index < -0.39 is 0 Å². The van der Waals surface area contributed by atoms with E-state index in [0.717, 1.165) is 30.2 Å². The van der Waals surface area contributed by atoms with Crippen LogP contribution < -0.4 is 5.32 Å². The molecule has 2 aliphatic rings. The molecule has 2 N–H and O–H groups in total. The van der Waals surface area contributed by atoms with Crippen LogP contribution in [0, 0.1) is 11.8 Å². The number of aromatic amines is 1. The Bertz CT molecular complexity index is 333. The Labute approximate surface area is 103 Å². The fourth-order valence-corrected chi connectivity index (χ4v) is 3.69. The van der Waals surface area contributed by atoms with Gasteiger partial charge in [0.05, 0.1) is 6.54 Å². The van der Waals surface area contributed by atoms with Crippen LogP contribution in [0.4, 0.5) is 0 Å². The van der Waals surface area contributed by atoms with Gasteiger partial charge in [0.2, 0.25) is 0 Å². The van der Waals surface area contributed by atoms with Crippen molar-refractivity contribution in [1.82, 2.24) is 15.3 Å². The molecule has 17 heavy (non-hydrogen) atoms. The normalized spacial score (nSPS) is 33.3. The third-order valence-corrected chi connectivity index (χ3v) is 4.65. The molecule has 2 fully saturated rings. The molecule has 0 aliphatic heterocycles. The number of aromatic nitrogens is 2. The number of nitrogens with zero attached hydrogens (tertiary/aromatic N) is 1. The minimum atomic E-state index is 0.722. The molecule has 1 aromatic heterocycles. The van der Waals surface area contributed by atoms with E-state index in [2.05, 4.69) is 15.3 Å². The predicted molar refractivity (Wildman–Crippen MR) is 68.5 cm³/mol. The largest absolute Gasteiger partial charge is 0.348 e. The topological polar surface area (TPSA) is 40.7 Å². The summed E-state index contributed by atoms with van der Waals surface area (Å²) in [5.41, 5.74) is 0. The van der Waals surface area contributed by atoms with Gasteiger partial charge in [0.1, 0.15) is 5.82 Å². The number of fused-ring (bicyclic) bond motifs is 1. The van der Waals surface area contributed by atoms with Crippen molar-refractivity contribution < 1.29 is 0 Å². The zero-order valence-corrected chi connectivity index (χ0v) is 10.5. The van der Waals surface area contributed by atoms with E-state index in [-0.39, 0.29) is 0 Å². The van der Waals surface area contributed by atoms with Gasteiger partial charge in [-0.25, -0.2) is 4.98 Å². The maximum absolute atomic E-state index is 4.26. The van der Waals surface area contributed by atoms with Crippen LogP contribution in [0.1, 0.15) is 50.8 Å². The molecular formula is C14H23N3. The fourth-order valence-electron chi connectivity index (χ4n) is 3.69. The molecule has 0 radical (unpaired) electrons. The summed E-state index contributed by atoms with van der Waals surface area (Å²) < 4.78 is 0. The molecule has 3 atom stereocenters. The third-order valence-electron chi connectivity index (χ3n) is 4.65. The summed E-state index contributed by atoms with van der Waals surface area (Å²) in [4.78, 5) is 7.42. The Balaban J connectivity index is 1.48. The highest BCUT2D eigenvalue weighted by molar-refractivity contribution is 4.90. The average Bonchev–Trinajstić information content (AvgIpc) is 2.89. The van der Waals surface area contributed by atoms with E-state index in [9.17, 15) is 0 Å². The Kier molecular flexibility index (Phi) is 3.46. The maximum Gasteiger partial charge on any atom is 0.120 e. The van der Waals surface area contributed by atoms with Crippen LogP contribution in [0.3, 0.4) is 0 Å². The van der Waals surface area contributed by atoms with Crippen LogP contribution in [-0.4, -0.2) is 16.0 Å². The van der Waals surface area contributed by atoms with Gasteiger partial charge in [-0.05, 0) is 31.1 Å². The van der Waals surface area contributed by atoms with E-state index >= 15 is 0 Å². The summed E-state index contributed by atoms with van der Waals surface area (Å²) in [7, 11) is 0. The van der Waals surface area contributed by atoms with Gasteiger partial charge in [-0.1, -0.05) is 25.7 Å². The van der Waals surface area contributed by atoms with E-state index in [1.165, 1.54) is 44.9 Å². The maximum atomic E-state index is 4.26. The van der Waals surface area contributed by atoms with Gasteiger partial charge in [-0.3, -0.25) is 0 Å². The zero-order chi connectivity index (χ0) is 11.5. The third kappa shape index (κ3) is 2.71. The van der Waals surface area contributed by atoms with Crippen molar-refractivity contribution in [3.63, 3.8) is 0 Å². The molecule has 1 aromatic rings. The van der Waals surface area contributed by atoms with Crippen LogP contribution in [0.2, 0.25) is 0 Å². The quantitative estimate of drug-likeness (QED) is 0.843. The first-order valence-electron chi connectivity index (χ1n) is 7.13. The first-order chi connectivity index (χ1) is 8.42. The molecule has 1 heterocycles. The summed E-state index contributed by atoms with van der Waals surface area (Å²) >= 11 is 0. The van der Waals surface area contributed by atoms with Crippen molar-refractivity contribution >= 4 is 0 Å². The Hall–Kier alpha value is -0.830. The molecule has 3 unspecified atom stereocenters. The van der Waals surface area contributed by atoms with Crippen molar-refractivity contribution in [3.8, 4) is 0 Å². The SMILES string of the molecule is c1c[nH]c(CNC2CCC3CCCCC3C2)n1.